The van der Waals surface area contributed by atoms with Crippen LogP contribution in [0.25, 0.3) is 22.3 Å². The first kappa shape index (κ1) is 48.3. The summed E-state index contributed by atoms with van der Waals surface area (Å²) >= 11 is 0. The van der Waals surface area contributed by atoms with Gasteiger partial charge in [-0.25, -0.2) is 0 Å². The second kappa shape index (κ2) is 23.2. The molecule has 0 spiro atoms. The van der Waals surface area contributed by atoms with E-state index in [0.717, 1.165) is 33.4 Å². The number of nitrogens with one attached hydrogen (secondary N) is 5. The van der Waals surface area contributed by atoms with Crippen LogP contribution in [0.2, 0.25) is 0 Å². The number of hydrogen-bond donors (Lipinski definition) is 6. The maximum absolute atomic E-state index is 14.7. The Kier molecular flexibility index (Phi) is 16.5. The lowest BCUT2D eigenvalue weighted by Crippen LogP contribution is -2.59. The minimum absolute atomic E-state index is 0.00198. The van der Waals surface area contributed by atoms with Gasteiger partial charge in [-0.05, 0) is 69.5 Å². The van der Waals surface area contributed by atoms with Gasteiger partial charge in [0.2, 0.25) is 23.6 Å². The van der Waals surface area contributed by atoms with Crippen LogP contribution in [-0.2, 0) is 59.8 Å². The van der Waals surface area contributed by atoms with E-state index in [4.69, 9.17) is 4.74 Å². The molecule has 0 radical (unpaired) electrons. The minimum atomic E-state index is -4.41. The fourth-order valence-electron chi connectivity index (χ4n) is 7.84. The van der Waals surface area contributed by atoms with Crippen LogP contribution in [0.5, 0.6) is 5.75 Å². The molecule has 8 rings (SSSR count). The van der Waals surface area contributed by atoms with Crippen molar-refractivity contribution in [2.24, 2.45) is 0 Å². The van der Waals surface area contributed by atoms with E-state index >= 15 is 0 Å². The molecule has 0 saturated carbocycles. The molecule has 2 bridgehead atoms. The van der Waals surface area contributed by atoms with Crippen molar-refractivity contribution in [1.82, 2.24) is 26.6 Å². The van der Waals surface area contributed by atoms with E-state index in [9.17, 15) is 36.9 Å². The van der Waals surface area contributed by atoms with Crippen LogP contribution in [0.15, 0.2) is 164 Å². The number of carbonyl (C=O) groups excluding carboxylic acids is 5. The van der Waals surface area contributed by atoms with Crippen LogP contribution in [-0.4, -0.2) is 85.6 Å². The molecule has 15 heteroatoms. The molecule has 68 heavy (non-hydrogen) atoms. The van der Waals surface area contributed by atoms with Gasteiger partial charge in [0.25, 0.3) is 16.0 Å². The number of aryl methyl sites for hydroxylation is 1. The van der Waals surface area contributed by atoms with Crippen molar-refractivity contribution in [3.63, 3.8) is 0 Å². The molecule has 5 amide bonds. The Morgan fingerprint density at radius 2 is 1.03 bits per heavy atom. The third-order valence-electron chi connectivity index (χ3n) is 11.5. The summed E-state index contributed by atoms with van der Waals surface area (Å²) in [6.45, 7) is -0.882. The summed E-state index contributed by atoms with van der Waals surface area (Å²) < 4.78 is 38.0. The summed E-state index contributed by atoms with van der Waals surface area (Å²) in [7, 11) is -4.41. The Balaban J connectivity index is 1.22. The topological polar surface area (TPSA) is 209 Å². The van der Waals surface area contributed by atoms with Crippen molar-refractivity contribution in [3.05, 3.63) is 186 Å². The Bertz CT molecular complexity index is 2760. The highest BCUT2D eigenvalue weighted by molar-refractivity contribution is 7.85. The van der Waals surface area contributed by atoms with Crippen molar-refractivity contribution in [2.45, 2.75) is 56.3 Å². The summed E-state index contributed by atoms with van der Waals surface area (Å²) in [5.41, 5.74) is 6.81. The molecular weight excluding hydrogens is 883 g/mol. The molecule has 2 aliphatic heterocycles. The standard InChI is InChI=1S/C53H53N5O9S/c59-49-35-67-44-27-20-39(21-28-44)32-46(50(60)54-30-31-68(64,65)66)57-51(61)45(29-22-36-10-4-1-5-11-36)56-53(63)48(34-38-18-25-43(26-19-38)41-14-8-3-9-15-41)58-52(62)47(55-49)33-37-16-23-42(24-17-37)40-12-6-2-7-13-40/h1-21,23-28,45-48H,22,29-35H2,(H,54,60)(H,55,59)(H,56,63)(H,57,61)(H,58,62)(H,64,65,66)/t45-,46-,47-,48+/m0/s1. The highest BCUT2D eigenvalue weighted by Crippen LogP contribution is 2.22. The molecule has 6 aromatic rings. The average Bonchev–Trinajstić information content (AvgIpc) is 3.35. The summed E-state index contributed by atoms with van der Waals surface area (Å²) in [5.74, 6) is -3.82. The number of ether oxygens (including phenoxy) is 1. The lowest BCUT2D eigenvalue weighted by Gasteiger charge is -2.27. The summed E-state index contributed by atoms with van der Waals surface area (Å²) in [6.07, 6.45) is 0.449. The van der Waals surface area contributed by atoms with Gasteiger partial charge in [0, 0.05) is 25.8 Å². The molecule has 6 N–H and O–H groups in total. The van der Waals surface area contributed by atoms with Gasteiger partial charge >= 0.3 is 0 Å². The van der Waals surface area contributed by atoms with Crippen LogP contribution in [0.1, 0.15) is 28.7 Å². The zero-order valence-electron chi connectivity index (χ0n) is 37.2. The molecule has 350 valence electrons. The van der Waals surface area contributed by atoms with Crippen LogP contribution in [0.4, 0.5) is 0 Å². The lowest BCUT2D eigenvalue weighted by atomic mass is 9.98. The molecule has 14 nitrogen and oxygen atoms in total. The van der Waals surface area contributed by atoms with Gasteiger partial charge in [-0.2, -0.15) is 8.42 Å². The molecule has 2 aliphatic rings. The fraction of sp³-hybridized carbons (Fsp3) is 0.226. The quantitative estimate of drug-likeness (QED) is 0.0678. The third-order valence-corrected chi connectivity index (χ3v) is 12.2. The van der Waals surface area contributed by atoms with Crippen molar-refractivity contribution >= 4 is 39.7 Å². The predicted octanol–water partition coefficient (Wildman–Crippen LogP) is 5.02. The second-order valence-corrected chi connectivity index (χ2v) is 18.1. The van der Waals surface area contributed by atoms with Crippen molar-refractivity contribution in [3.8, 4) is 28.0 Å². The number of fused-ring (bicyclic) bond motifs is 16. The smallest absolute Gasteiger partial charge is 0.266 e. The summed E-state index contributed by atoms with van der Waals surface area (Å²) in [5, 5.41) is 13.8. The maximum Gasteiger partial charge on any atom is 0.266 e. The first-order valence-electron chi connectivity index (χ1n) is 22.3. The van der Waals surface area contributed by atoms with Crippen LogP contribution in [0.3, 0.4) is 0 Å². The van der Waals surface area contributed by atoms with Gasteiger partial charge in [-0.15, -0.1) is 0 Å². The van der Waals surface area contributed by atoms with E-state index in [-0.39, 0.29) is 25.7 Å². The second-order valence-electron chi connectivity index (χ2n) is 16.6. The highest BCUT2D eigenvalue weighted by atomic mass is 32.2. The Labute approximate surface area is 395 Å². The number of hydrogen-bond acceptors (Lipinski definition) is 8. The molecule has 4 atom stereocenters. The zero-order chi connectivity index (χ0) is 47.9. The number of benzene rings is 6. The number of rotatable bonds is 13. The molecule has 0 fully saturated rings. The molecule has 0 unspecified atom stereocenters. The van der Waals surface area contributed by atoms with Crippen molar-refractivity contribution in [2.75, 3.05) is 18.9 Å². The Hall–Kier alpha value is -7.62. The maximum atomic E-state index is 14.7. The summed E-state index contributed by atoms with van der Waals surface area (Å²) in [4.78, 5) is 70.9. The van der Waals surface area contributed by atoms with Crippen LogP contribution >= 0.6 is 0 Å². The monoisotopic (exact) mass is 935 g/mol. The molecular formula is C53H53N5O9S. The normalized spacial score (nSPS) is 18.3. The van der Waals surface area contributed by atoms with Crippen molar-refractivity contribution in [1.29, 1.82) is 0 Å². The molecule has 2 heterocycles. The third kappa shape index (κ3) is 14.4. The van der Waals surface area contributed by atoms with Gasteiger partial charge in [0.15, 0.2) is 6.61 Å². The largest absolute Gasteiger partial charge is 0.484 e. The van der Waals surface area contributed by atoms with Crippen molar-refractivity contribution < 1.29 is 41.7 Å². The van der Waals surface area contributed by atoms with E-state index in [0.29, 0.717) is 23.3 Å². The van der Waals surface area contributed by atoms with Crippen LogP contribution in [0, 0.1) is 0 Å². The SMILES string of the molecule is O=C1COc2ccc(cc2)C[C@@H](C(=O)NCCS(=O)(=O)O)NC(=O)[C@H](CCc2ccccc2)NC(=O)[C@@H](Cc2ccc(-c3ccccc3)cc2)NC(=O)[C@H](Cc2ccc(-c3ccccc3)cc2)N1. The van der Waals surface area contributed by atoms with E-state index in [1.807, 2.05) is 140 Å². The number of carbonyl (C=O) groups is 5. The average molecular weight is 936 g/mol. The zero-order valence-corrected chi connectivity index (χ0v) is 38.0. The van der Waals surface area contributed by atoms with E-state index in [1.54, 1.807) is 24.3 Å². The molecule has 6 aromatic carbocycles. The van der Waals surface area contributed by atoms with Gasteiger partial charge in [-0.3, -0.25) is 28.5 Å². The summed E-state index contributed by atoms with van der Waals surface area (Å²) in [6, 6.07) is 45.6. The fourth-order valence-corrected chi connectivity index (χ4v) is 8.20. The predicted molar refractivity (Wildman–Crippen MR) is 259 cm³/mol. The Morgan fingerprint density at radius 3 is 1.56 bits per heavy atom. The van der Waals surface area contributed by atoms with Gasteiger partial charge in [0.05, 0.1) is 5.75 Å². The van der Waals surface area contributed by atoms with Gasteiger partial charge < -0.3 is 31.3 Å². The van der Waals surface area contributed by atoms with E-state index in [1.165, 1.54) is 0 Å². The minimum Gasteiger partial charge on any atom is -0.484 e. The van der Waals surface area contributed by atoms with Gasteiger partial charge in [-0.1, -0.05) is 152 Å². The number of amides is 5. The molecule has 0 aromatic heterocycles. The first-order chi connectivity index (χ1) is 32.8. The van der Waals surface area contributed by atoms with E-state index in [2.05, 4.69) is 26.6 Å². The van der Waals surface area contributed by atoms with Gasteiger partial charge in [0.1, 0.15) is 29.9 Å². The first-order valence-corrected chi connectivity index (χ1v) is 23.9. The highest BCUT2D eigenvalue weighted by Gasteiger charge is 2.32. The Morgan fingerprint density at radius 1 is 0.559 bits per heavy atom. The van der Waals surface area contributed by atoms with Crippen LogP contribution < -0.4 is 31.3 Å². The molecule has 0 saturated heterocycles. The lowest BCUT2D eigenvalue weighted by molar-refractivity contribution is -0.134. The molecule has 0 aliphatic carbocycles. The van der Waals surface area contributed by atoms with E-state index < -0.39 is 82.7 Å².